The Morgan fingerprint density at radius 2 is 2.38 bits per heavy atom. The number of nitrogens with two attached hydrogens (primary N) is 1. The molecule has 1 aromatic heterocycles. The highest BCUT2D eigenvalue weighted by Gasteiger charge is 2.13. The second-order valence-corrected chi connectivity index (χ2v) is 3.11. The van der Waals surface area contributed by atoms with Crippen LogP contribution in [0.2, 0.25) is 0 Å². The van der Waals surface area contributed by atoms with Crippen molar-refractivity contribution in [2.45, 2.75) is 13.0 Å². The molecular weight excluding hydrogens is 215 g/mol. The Hall–Kier alpha value is -2.18. The van der Waals surface area contributed by atoms with Crippen molar-refractivity contribution in [1.29, 1.82) is 0 Å². The number of nitrogens with one attached hydrogen (secondary N) is 1. The van der Waals surface area contributed by atoms with Gasteiger partial charge in [0.05, 0.1) is 17.8 Å². The molecule has 16 heavy (non-hydrogen) atoms. The number of amides is 1. The van der Waals surface area contributed by atoms with E-state index < -0.39 is 17.8 Å². The number of hydrogen-bond donors (Lipinski definition) is 3. The van der Waals surface area contributed by atoms with Crippen molar-refractivity contribution in [3.63, 3.8) is 0 Å². The summed E-state index contributed by atoms with van der Waals surface area (Å²) in [5.41, 5.74) is 5.34. The van der Waals surface area contributed by atoms with E-state index in [0.29, 0.717) is 0 Å². The molecule has 1 rings (SSSR count). The molecule has 0 bridgehead atoms. The molecule has 0 fully saturated rings. The normalized spacial score (nSPS) is 13.2. The lowest BCUT2D eigenvalue weighted by molar-refractivity contribution is 0.0948. The molecule has 1 aromatic rings. The summed E-state index contributed by atoms with van der Waals surface area (Å²) in [6.07, 6.45) is 2.21. The molecule has 0 aromatic carbocycles. The molecule has 0 saturated carbocycles. The fourth-order valence-electron chi connectivity index (χ4n) is 0.977. The molecule has 4 N–H and O–H groups in total. The molecule has 6 nitrogen and oxygen atoms in total. The fourth-order valence-corrected chi connectivity index (χ4v) is 0.977. The molecule has 1 amide bonds. The second-order valence-electron chi connectivity index (χ2n) is 3.11. The van der Waals surface area contributed by atoms with Gasteiger partial charge in [0.1, 0.15) is 5.82 Å². The Bertz CT molecular complexity index is 422. The first-order chi connectivity index (χ1) is 7.54. The van der Waals surface area contributed by atoms with Gasteiger partial charge < -0.3 is 16.3 Å². The number of hydrogen-bond acceptors (Lipinski definition) is 4. The van der Waals surface area contributed by atoms with E-state index in [-0.39, 0.29) is 11.4 Å². The van der Waals surface area contributed by atoms with Crippen molar-refractivity contribution in [2.24, 2.45) is 10.9 Å². The van der Waals surface area contributed by atoms with E-state index in [1.54, 1.807) is 0 Å². The average molecular weight is 226 g/mol. The zero-order valence-electron chi connectivity index (χ0n) is 8.51. The lowest BCUT2D eigenvalue weighted by Crippen LogP contribution is -2.42. The van der Waals surface area contributed by atoms with Gasteiger partial charge in [0.25, 0.3) is 5.91 Å². The molecule has 0 aliphatic heterocycles. The first-order valence-electron chi connectivity index (χ1n) is 4.43. The Balaban J connectivity index is 2.73. The molecule has 0 saturated heterocycles. The molecule has 0 spiro atoms. The van der Waals surface area contributed by atoms with Gasteiger partial charge in [-0.3, -0.25) is 9.78 Å². The standard InChI is InChI=1S/C9H11FN4O2/c1-5(8(11)14-16)13-9(15)6-2-7(10)4-12-3-6/h2-5,16H,1H3,(H2,11,14)(H,13,15). The van der Waals surface area contributed by atoms with E-state index in [9.17, 15) is 9.18 Å². The quantitative estimate of drug-likeness (QED) is 0.294. The Labute approximate surface area is 91.0 Å². The van der Waals surface area contributed by atoms with Gasteiger partial charge in [-0.2, -0.15) is 0 Å². The maximum atomic E-state index is 12.8. The monoisotopic (exact) mass is 226 g/mol. The number of aromatic nitrogens is 1. The number of nitrogens with zero attached hydrogens (tertiary/aromatic N) is 2. The van der Waals surface area contributed by atoms with Crippen molar-refractivity contribution in [3.05, 3.63) is 29.8 Å². The average Bonchev–Trinajstić information content (AvgIpc) is 2.27. The Kier molecular flexibility index (Phi) is 3.76. The summed E-state index contributed by atoms with van der Waals surface area (Å²) in [5, 5.41) is 13.5. The van der Waals surface area contributed by atoms with Crippen LogP contribution in [0.3, 0.4) is 0 Å². The molecule has 7 heteroatoms. The van der Waals surface area contributed by atoms with Crippen molar-refractivity contribution in [1.82, 2.24) is 10.3 Å². The number of oxime groups is 1. The summed E-state index contributed by atoms with van der Waals surface area (Å²) in [5.74, 6) is -1.30. The predicted octanol–water partition coefficient (Wildman–Crippen LogP) is 0.0854. The minimum absolute atomic E-state index is 0.0672. The van der Waals surface area contributed by atoms with Gasteiger partial charge in [-0.25, -0.2) is 4.39 Å². The van der Waals surface area contributed by atoms with Crippen molar-refractivity contribution in [3.8, 4) is 0 Å². The van der Waals surface area contributed by atoms with Gasteiger partial charge >= 0.3 is 0 Å². The summed E-state index contributed by atoms with van der Waals surface area (Å²) >= 11 is 0. The van der Waals surface area contributed by atoms with Crippen LogP contribution in [0.15, 0.2) is 23.6 Å². The van der Waals surface area contributed by atoms with Crippen molar-refractivity contribution < 1.29 is 14.4 Å². The third-order valence-electron chi connectivity index (χ3n) is 1.87. The summed E-state index contributed by atoms with van der Waals surface area (Å²) in [4.78, 5) is 15.0. The third-order valence-corrected chi connectivity index (χ3v) is 1.87. The van der Waals surface area contributed by atoms with Gasteiger partial charge in [0.2, 0.25) is 0 Å². The van der Waals surface area contributed by atoms with Crippen LogP contribution in [0.25, 0.3) is 0 Å². The largest absolute Gasteiger partial charge is 0.409 e. The van der Waals surface area contributed by atoms with E-state index in [0.717, 1.165) is 12.3 Å². The Morgan fingerprint density at radius 3 is 2.94 bits per heavy atom. The molecule has 86 valence electrons. The Morgan fingerprint density at radius 1 is 1.69 bits per heavy atom. The van der Waals surface area contributed by atoms with Crippen LogP contribution in [0.1, 0.15) is 17.3 Å². The van der Waals surface area contributed by atoms with E-state index in [2.05, 4.69) is 15.5 Å². The predicted molar refractivity (Wildman–Crippen MR) is 54.5 cm³/mol. The number of pyridine rings is 1. The smallest absolute Gasteiger partial charge is 0.253 e. The molecule has 1 unspecified atom stereocenters. The van der Waals surface area contributed by atoms with Crippen LogP contribution in [-0.2, 0) is 0 Å². The van der Waals surface area contributed by atoms with E-state index in [1.807, 2.05) is 0 Å². The van der Waals surface area contributed by atoms with Crippen LogP contribution in [0.5, 0.6) is 0 Å². The zero-order valence-corrected chi connectivity index (χ0v) is 8.51. The highest BCUT2D eigenvalue weighted by molar-refractivity contribution is 5.97. The van der Waals surface area contributed by atoms with Crippen LogP contribution in [-0.4, -0.2) is 28.0 Å². The highest BCUT2D eigenvalue weighted by Crippen LogP contribution is 2.01. The van der Waals surface area contributed by atoms with E-state index in [4.69, 9.17) is 10.9 Å². The van der Waals surface area contributed by atoms with Gasteiger partial charge in [-0.05, 0) is 13.0 Å². The van der Waals surface area contributed by atoms with E-state index in [1.165, 1.54) is 13.1 Å². The number of carbonyl (C=O) groups is 1. The zero-order chi connectivity index (χ0) is 12.1. The SMILES string of the molecule is CC(NC(=O)c1cncc(F)c1)/C(N)=N/O. The third kappa shape index (κ3) is 2.91. The number of amidine groups is 1. The second kappa shape index (κ2) is 5.06. The molecule has 1 heterocycles. The van der Waals surface area contributed by atoms with Crippen LogP contribution in [0, 0.1) is 5.82 Å². The molecule has 0 aliphatic rings. The fraction of sp³-hybridized carbons (Fsp3) is 0.222. The topological polar surface area (TPSA) is 101 Å². The van der Waals surface area contributed by atoms with Crippen LogP contribution < -0.4 is 11.1 Å². The summed E-state index contributed by atoms with van der Waals surface area (Å²) < 4.78 is 12.8. The maximum absolute atomic E-state index is 12.8. The number of carbonyl (C=O) groups excluding carboxylic acids is 1. The highest BCUT2D eigenvalue weighted by atomic mass is 19.1. The van der Waals surface area contributed by atoms with E-state index >= 15 is 0 Å². The molecular formula is C9H11FN4O2. The first kappa shape index (κ1) is 11.9. The van der Waals surface area contributed by atoms with Gasteiger partial charge in [-0.15, -0.1) is 0 Å². The number of rotatable bonds is 3. The molecule has 0 aliphatic carbocycles. The lowest BCUT2D eigenvalue weighted by atomic mass is 10.2. The van der Waals surface area contributed by atoms with Crippen LogP contribution in [0.4, 0.5) is 4.39 Å². The van der Waals surface area contributed by atoms with Crippen molar-refractivity contribution >= 4 is 11.7 Å². The minimum Gasteiger partial charge on any atom is -0.409 e. The number of halogens is 1. The summed E-state index contributed by atoms with van der Waals surface area (Å²) in [7, 11) is 0. The minimum atomic E-state index is -0.652. The van der Waals surface area contributed by atoms with Gasteiger partial charge in [0, 0.05) is 6.20 Å². The maximum Gasteiger partial charge on any atom is 0.253 e. The van der Waals surface area contributed by atoms with Crippen molar-refractivity contribution in [2.75, 3.05) is 0 Å². The summed E-state index contributed by atoms with van der Waals surface area (Å²) in [6.45, 7) is 1.53. The van der Waals surface area contributed by atoms with Gasteiger partial charge in [-0.1, -0.05) is 5.16 Å². The van der Waals surface area contributed by atoms with Crippen LogP contribution >= 0.6 is 0 Å². The first-order valence-corrected chi connectivity index (χ1v) is 4.43. The lowest BCUT2D eigenvalue weighted by Gasteiger charge is -2.11. The molecule has 0 radical (unpaired) electrons. The molecule has 1 atom stereocenters. The summed E-state index contributed by atoms with van der Waals surface area (Å²) in [6, 6.07) is 0.391. The van der Waals surface area contributed by atoms with Gasteiger partial charge in [0.15, 0.2) is 5.84 Å².